The van der Waals surface area contributed by atoms with Gasteiger partial charge in [-0.1, -0.05) is 60.2 Å². The molecule has 0 aliphatic heterocycles. The highest BCUT2D eigenvalue weighted by molar-refractivity contribution is 7.91. The lowest BCUT2D eigenvalue weighted by Gasteiger charge is -2.09. The van der Waals surface area contributed by atoms with Gasteiger partial charge in [0.1, 0.15) is 0 Å². The number of hydrogen-bond acceptors (Lipinski definition) is 2. The molecule has 0 spiro atoms. The number of aryl methyl sites for hydroxylation is 1. The first-order valence-corrected chi connectivity index (χ1v) is 10.9. The minimum absolute atomic E-state index is 0.312. The highest BCUT2D eigenvalue weighted by atomic mass is 32.2. The van der Waals surface area contributed by atoms with E-state index in [1.54, 1.807) is 18.2 Å². The molecule has 3 nitrogen and oxygen atoms in total. The highest BCUT2D eigenvalue weighted by Gasteiger charge is 2.24. The van der Waals surface area contributed by atoms with E-state index < -0.39 is 9.84 Å². The predicted molar refractivity (Wildman–Crippen MR) is 117 cm³/mol. The number of para-hydroxylation sites is 2. The van der Waals surface area contributed by atoms with Gasteiger partial charge >= 0.3 is 0 Å². The first-order chi connectivity index (χ1) is 14.1. The van der Waals surface area contributed by atoms with Crippen LogP contribution in [-0.4, -0.2) is 13.0 Å². The molecule has 0 saturated heterocycles. The molecule has 4 heteroatoms. The Morgan fingerprint density at radius 3 is 2.07 bits per heavy atom. The van der Waals surface area contributed by atoms with E-state index in [-0.39, 0.29) is 0 Å². The quantitative estimate of drug-likeness (QED) is 0.379. The fourth-order valence-electron chi connectivity index (χ4n) is 3.91. The Hall–Kier alpha value is -3.37. The Balaban J connectivity index is 1.90. The number of hydrogen-bond donors (Lipinski definition) is 0. The van der Waals surface area contributed by atoms with Gasteiger partial charge in [-0.05, 0) is 49.4 Å². The van der Waals surface area contributed by atoms with Gasteiger partial charge in [-0.3, -0.25) is 0 Å². The third-order valence-electron chi connectivity index (χ3n) is 5.29. The summed E-state index contributed by atoms with van der Waals surface area (Å²) in [6.07, 6.45) is 0. The highest BCUT2D eigenvalue weighted by Crippen LogP contribution is 2.37. The second-order valence-corrected chi connectivity index (χ2v) is 9.07. The van der Waals surface area contributed by atoms with E-state index in [1.165, 1.54) is 0 Å². The van der Waals surface area contributed by atoms with Gasteiger partial charge in [0.05, 0.1) is 20.8 Å². The van der Waals surface area contributed by atoms with Crippen molar-refractivity contribution >= 4 is 31.6 Å². The van der Waals surface area contributed by atoms with Gasteiger partial charge in [0, 0.05) is 16.5 Å². The minimum Gasteiger partial charge on any atom is -0.309 e. The van der Waals surface area contributed by atoms with E-state index in [0.29, 0.717) is 9.79 Å². The lowest BCUT2D eigenvalue weighted by molar-refractivity contribution is 0.597. The van der Waals surface area contributed by atoms with Gasteiger partial charge in [0.15, 0.2) is 0 Å². The smallest absolute Gasteiger partial charge is 0.207 e. The van der Waals surface area contributed by atoms with Crippen molar-refractivity contribution in [3.05, 3.63) is 103 Å². The van der Waals surface area contributed by atoms with Crippen LogP contribution < -0.4 is 0 Å². The van der Waals surface area contributed by atoms with Crippen molar-refractivity contribution in [1.29, 1.82) is 0 Å². The molecule has 0 radical (unpaired) electrons. The molecule has 4 aromatic carbocycles. The Bertz CT molecular complexity index is 1450. The molecule has 5 rings (SSSR count). The van der Waals surface area contributed by atoms with Crippen molar-refractivity contribution in [2.24, 2.45) is 0 Å². The Labute approximate surface area is 169 Å². The molecular weight excluding hydrogens is 378 g/mol. The maximum Gasteiger partial charge on any atom is 0.207 e. The van der Waals surface area contributed by atoms with Crippen LogP contribution in [0.15, 0.2) is 107 Å². The zero-order valence-electron chi connectivity index (χ0n) is 15.9. The molecule has 0 bridgehead atoms. The largest absolute Gasteiger partial charge is 0.309 e. The molecule has 0 amide bonds. The summed E-state index contributed by atoms with van der Waals surface area (Å²) in [5.41, 5.74) is 3.90. The monoisotopic (exact) mass is 397 g/mol. The number of rotatable bonds is 3. The number of benzene rings is 4. The summed E-state index contributed by atoms with van der Waals surface area (Å²) in [5.74, 6) is 0. The van der Waals surface area contributed by atoms with E-state index in [4.69, 9.17) is 0 Å². The third kappa shape index (κ3) is 2.76. The second kappa shape index (κ2) is 6.61. The first-order valence-electron chi connectivity index (χ1n) is 9.47. The molecule has 0 unspecified atom stereocenters. The van der Waals surface area contributed by atoms with Gasteiger partial charge < -0.3 is 4.57 Å². The fourth-order valence-corrected chi connectivity index (χ4v) is 5.40. The maximum absolute atomic E-state index is 13.5. The van der Waals surface area contributed by atoms with Crippen molar-refractivity contribution < 1.29 is 8.42 Å². The number of fused-ring (bicyclic) bond motifs is 3. The third-order valence-corrected chi connectivity index (χ3v) is 7.11. The average molecular weight is 397 g/mol. The van der Waals surface area contributed by atoms with Crippen LogP contribution in [0.3, 0.4) is 0 Å². The topological polar surface area (TPSA) is 39.1 Å². The van der Waals surface area contributed by atoms with Gasteiger partial charge in [-0.15, -0.1) is 0 Å². The number of sulfone groups is 1. The molecule has 1 heterocycles. The van der Waals surface area contributed by atoms with Crippen LogP contribution in [0.5, 0.6) is 0 Å². The summed E-state index contributed by atoms with van der Waals surface area (Å²) in [6, 6.07) is 30.5. The molecule has 0 saturated carbocycles. The van der Waals surface area contributed by atoms with E-state index in [9.17, 15) is 8.42 Å². The molecule has 0 aliphatic carbocycles. The minimum atomic E-state index is -3.66. The summed E-state index contributed by atoms with van der Waals surface area (Å²) in [6.45, 7) is 1.95. The van der Waals surface area contributed by atoms with E-state index in [1.807, 2.05) is 85.8 Å². The van der Waals surface area contributed by atoms with Crippen LogP contribution in [0.4, 0.5) is 0 Å². The van der Waals surface area contributed by atoms with Crippen molar-refractivity contribution in [3.63, 3.8) is 0 Å². The Morgan fingerprint density at radius 1 is 0.655 bits per heavy atom. The molecular formula is C25H19NO2S. The Kier molecular flexibility index (Phi) is 4.03. The number of aromatic nitrogens is 1. The van der Waals surface area contributed by atoms with E-state index >= 15 is 0 Å². The van der Waals surface area contributed by atoms with Gasteiger partial charge in [-0.2, -0.15) is 0 Å². The van der Waals surface area contributed by atoms with Gasteiger partial charge in [0.2, 0.25) is 9.84 Å². The van der Waals surface area contributed by atoms with Crippen molar-refractivity contribution in [3.8, 4) is 5.69 Å². The van der Waals surface area contributed by atoms with Crippen LogP contribution in [0.1, 0.15) is 5.56 Å². The fraction of sp³-hybridized carbons (Fsp3) is 0.0400. The SMILES string of the molecule is Cc1ccc(S(=O)(=O)c2cccc3c2c2ccccc2n3-c2ccccc2)cc1. The van der Waals surface area contributed by atoms with Crippen LogP contribution in [-0.2, 0) is 9.84 Å². The summed E-state index contributed by atoms with van der Waals surface area (Å²) in [4.78, 5) is 0.650. The molecule has 0 N–H and O–H groups in total. The molecule has 0 fully saturated rings. The van der Waals surface area contributed by atoms with E-state index in [2.05, 4.69) is 4.57 Å². The molecule has 29 heavy (non-hydrogen) atoms. The van der Waals surface area contributed by atoms with Crippen LogP contribution in [0.25, 0.3) is 27.5 Å². The van der Waals surface area contributed by atoms with Crippen LogP contribution >= 0.6 is 0 Å². The second-order valence-electron chi connectivity index (χ2n) is 7.15. The maximum atomic E-state index is 13.5. The summed E-state index contributed by atoms with van der Waals surface area (Å²) in [7, 11) is -3.66. The molecule has 0 aliphatic rings. The summed E-state index contributed by atoms with van der Waals surface area (Å²) >= 11 is 0. The zero-order chi connectivity index (χ0) is 20.0. The molecule has 5 aromatic rings. The summed E-state index contributed by atoms with van der Waals surface area (Å²) < 4.78 is 29.2. The Morgan fingerprint density at radius 2 is 1.31 bits per heavy atom. The molecule has 142 valence electrons. The predicted octanol–water partition coefficient (Wildman–Crippen LogP) is 5.92. The van der Waals surface area contributed by atoms with Crippen molar-refractivity contribution in [1.82, 2.24) is 4.57 Å². The van der Waals surface area contributed by atoms with Gasteiger partial charge in [-0.25, -0.2) is 8.42 Å². The van der Waals surface area contributed by atoms with Crippen LogP contribution in [0.2, 0.25) is 0 Å². The average Bonchev–Trinajstić information content (AvgIpc) is 3.09. The first kappa shape index (κ1) is 17.7. The summed E-state index contributed by atoms with van der Waals surface area (Å²) in [5, 5.41) is 1.69. The van der Waals surface area contributed by atoms with Crippen molar-refractivity contribution in [2.45, 2.75) is 16.7 Å². The van der Waals surface area contributed by atoms with Crippen molar-refractivity contribution in [2.75, 3.05) is 0 Å². The molecule has 0 atom stereocenters. The molecule has 1 aromatic heterocycles. The standard InChI is InChI=1S/C25H19NO2S/c1-18-14-16-20(17-15-18)29(27,28)24-13-7-12-23-25(24)21-10-5-6-11-22(21)26(23)19-8-3-2-4-9-19/h2-17H,1H3. The van der Waals surface area contributed by atoms with Crippen LogP contribution in [0, 0.1) is 6.92 Å². The zero-order valence-corrected chi connectivity index (χ0v) is 16.7. The lowest BCUT2D eigenvalue weighted by Crippen LogP contribution is -2.03. The van der Waals surface area contributed by atoms with E-state index in [0.717, 1.165) is 33.1 Å². The number of nitrogens with zero attached hydrogens (tertiary/aromatic N) is 1. The van der Waals surface area contributed by atoms with Gasteiger partial charge in [0.25, 0.3) is 0 Å². The lowest BCUT2D eigenvalue weighted by atomic mass is 10.1. The normalized spacial score (nSPS) is 11.9.